The smallest absolute Gasteiger partial charge is 0.338 e. The number of rotatable bonds is 6. The van der Waals surface area contributed by atoms with Crippen molar-refractivity contribution in [3.8, 4) is 11.8 Å². The summed E-state index contributed by atoms with van der Waals surface area (Å²) in [6, 6.07) is 21.8. The molecule has 1 aliphatic rings. The predicted octanol–water partition coefficient (Wildman–Crippen LogP) is 5.83. The van der Waals surface area contributed by atoms with E-state index < -0.39 is 11.9 Å². The minimum atomic E-state index is -0.707. The fourth-order valence-electron chi connectivity index (χ4n) is 4.08. The Morgan fingerprint density at radius 3 is 2.68 bits per heavy atom. The van der Waals surface area contributed by atoms with Gasteiger partial charge in [-0.05, 0) is 63.8 Å². The molecule has 1 atom stereocenters. The molecule has 3 aromatic rings. The summed E-state index contributed by atoms with van der Waals surface area (Å²) in [6.45, 7) is 3.95. The third-order valence-electron chi connectivity index (χ3n) is 5.65. The molecule has 7 heteroatoms. The highest BCUT2D eigenvalue weighted by atomic mass is 79.9. The number of esters is 1. The van der Waals surface area contributed by atoms with Crippen molar-refractivity contribution in [2.24, 2.45) is 5.73 Å². The Balaban J connectivity index is 1.65. The molecule has 1 heterocycles. The van der Waals surface area contributed by atoms with Crippen molar-refractivity contribution in [1.29, 1.82) is 5.26 Å². The summed E-state index contributed by atoms with van der Waals surface area (Å²) in [6.07, 6.45) is 0. The van der Waals surface area contributed by atoms with E-state index in [4.69, 9.17) is 19.9 Å². The molecule has 34 heavy (non-hydrogen) atoms. The number of halogens is 1. The van der Waals surface area contributed by atoms with Gasteiger partial charge in [-0.25, -0.2) is 4.79 Å². The maximum atomic E-state index is 12.7. The molecule has 172 valence electrons. The van der Waals surface area contributed by atoms with Gasteiger partial charge in [-0.3, -0.25) is 0 Å². The number of fused-ring (bicyclic) bond motifs is 1. The van der Waals surface area contributed by atoms with Crippen LogP contribution in [0.4, 0.5) is 0 Å². The van der Waals surface area contributed by atoms with Crippen molar-refractivity contribution >= 4 is 32.7 Å². The van der Waals surface area contributed by atoms with Crippen LogP contribution >= 0.6 is 15.9 Å². The molecular formula is C27H23BrN2O4. The molecule has 1 unspecified atom stereocenters. The van der Waals surface area contributed by atoms with E-state index in [9.17, 15) is 10.1 Å². The van der Waals surface area contributed by atoms with E-state index in [1.807, 2.05) is 42.5 Å². The standard InChI is InChI=1S/C27H23BrN2O4/c1-3-32-27(31)24-16(2)34-26(30)21(14-29)25(24)18-11-12-23(22(28)13-18)33-15-19-9-6-8-17-7-4-5-10-20(17)19/h4-13,25H,3,15,30H2,1-2H3. The highest BCUT2D eigenvalue weighted by Crippen LogP contribution is 2.41. The maximum Gasteiger partial charge on any atom is 0.338 e. The lowest BCUT2D eigenvalue weighted by atomic mass is 9.83. The molecule has 0 fully saturated rings. The second kappa shape index (κ2) is 10.0. The zero-order chi connectivity index (χ0) is 24.2. The lowest BCUT2D eigenvalue weighted by Crippen LogP contribution is -2.25. The molecule has 3 aromatic carbocycles. The van der Waals surface area contributed by atoms with Gasteiger partial charge >= 0.3 is 5.97 Å². The van der Waals surface area contributed by atoms with Gasteiger partial charge in [0.1, 0.15) is 29.8 Å². The number of nitrogens with two attached hydrogens (primary N) is 1. The molecule has 1 aliphatic heterocycles. The molecule has 2 N–H and O–H groups in total. The summed E-state index contributed by atoms with van der Waals surface area (Å²) in [5, 5.41) is 12.0. The van der Waals surface area contributed by atoms with Crippen LogP contribution in [0.1, 0.15) is 30.9 Å². The van der Waals surface area contributed by atoms with Crippen LogP contribution in [0.15, 0.2) is 87.9 Å². The third-order valence-corrected chi connectivity index (χ3v) is 6.27. The number of hydrogen-bond acceptors (Lipinski definition) is 6. The number of nitriles is 1. The summed E-state index contributed by atoms with van der Waals surface area (Å²) in [7, 11) is 0. The molecule has 0 bridgehead atoms. The summed E-state index contributed by atoms with van der Waals surface area (Å²) < 4.78 is 17.5. The number of hydrogen-bond donors (Lipinski definition) is 1. The van der Waals surface area contributed by atoms with Crippen molar-refractivity contribution in [3.63, 3.8) is 0 Å². The van der Waals surface area contributed by atoms with E-state index >= 15 is 0 Å². The van der Waals surface area contributed by atoms with Crippen LogP contribution in [0.3, 0.4) is 0 Å². The van der Waals surface area contributed by atoms with Gasteiger partial charge in [-0.15, -0.1) is 0 Å². The normalized spacial score (nSPS) is 15.6. The molecule has 0 saturated heterocycles. The van der Waals surface area contributed by atoms with Gasteiger partial charge in [0.25, 0.3) is 0 Å². The Hall–Kier alpha value is -3.76. The van der Waals surface area contributed by atoms with Crippen molar-refractivity contribution in [3.05, 3.63) is 99.1 Å². The summed E-state index contributed by atoms with van der Waals surface area (Å²) in [4.78, 5) is 12.7. The minimum absolute atomic E-state index is 0.0227. The lowest BCUT2D eigenvalue weighted by Gasteiger charge is -2.27. The Kier molecular flexibility index (Phi) is 6.90. The van der Waals surface area contributed by atoms with E-state index in [1.165, 1.54) is 0 Å². The summed E-state index contributed by atoms with van der Waals surface area (Å²) in [5.41, 5.74) is 8.16. The molecule has 0 radical (unpaired) electrons. The van der Waals surface area contributed by atoms with Gasteiger partial charge in [0.15, 0.2) is 0 Å². The van der Waals surface area contributed by atoms with Gasteiger partial charge in [0, 0.05) is 0 Å². The number of allylic oxidation sites excluding steroid dienone is 2. The average molecular weight is 519 g/mol. The van der Waals surface area contributed by atoms with E-state index in [0.717, 1.165) is 16.3 Å². The van der Waals surface area contributed by atoms with Gasteiger partial charge < -0.3 is 19.9 Å². The minimum Gasteiger partial charge on any atom is -0.488 e. The Morgan fingerprint density at radius 1 is 1.18 bits per heavy atom. The van der Waals surface area contributed by atoms with Crippen molar-refractivity contribution < 1.29 is 19.0 Å². The largest absolute Gasteiger partial charge is 0.488 e. The monoisotopic (exact) mass is 518 g/mol. The first-order chi connectivity index (χ1) is 16.4. The van der Waals surface area contributed by atoms with Crippen LogP contribution in [-0.2, 0) is 20.9 Å². The van der Waals surface area contributed by atoms with Gasteiger partial charge in [-0.1, -0.05) is 48.5 Å². The van der Waals surface area contributed by atoms with Crippen LogP contribution in [0.25, 0.3) is 10.8 Å². The second-order valence-corrected chi connectivity index (χ2v) is 8.59. The van der Waals surface area contributed by atoms with Gasteiger partial charge in [0.05, 0.1) is 22.6 Å². The van der Waals surface area contributed by atoms with E-state index in [1.54, 1.807) is 13.8 Å². The molecule has 0 spiro atoms. The number of nitrogens with zero attached hydrogens (tertiary/aromatic N) is 1. The molecule has 0 saturated carbocycles. The third kappa shape index (κ3) is 4.50. The molecule has 0 amide bonds. The quantitative estimate of drug-likeness (QED) is 0.412. The summed E-state index contributed by atoms with van der Waals surface area (Å²) in [5.74, 6) is -0.325. The second-order valence-electron chi connectivity index (χ2n) is 7.73. The van der Waals surface area contributed by atoms with Gasteiger partial charge in [-0.2, -0.15) is 5.26 Å². The molecular weight excluding hydrogens is 496 g/mol. The SMILES string of the molecule is CCOC(=O)C1=C(C)OC(N)=C(C#N)C1c1ccc(OCc2cccc3ccccc23)c(Br)c1. The average Bonchev–Trinajstić information content (AvgIpc) is 2.83. The van der Waals surface area contributed by atoms with E-state index in [0.29, 0.717) is 28.2 Å². The zero-order valence-corrected chi connectivity index (χ0v) is 20.4. The predicted molar refractivity (Wildman–Crippen MR) is 132 cm³/mol. The Labute approximate surface area is 206 Å². The van der Waals surface area contributed by atoms with Crippen LogP contribution in [0.5, 0.6) is 5.75 Å². The lowest BCUT2D eigenvalue weighted by molar-refractivity contribution is -0.139. The fourth-order valence-corrected chi connectivity index (χ4v) is 4.59. The number of carbonyl (C=O) groups excluding carboxylic acids is 1. The van der Waals surface area contributed by atoms with Crippen LogP contribution in [0, 0.1) is 11.3 Å². The van der Waals surface area contributed by atoms with Crippen LogP contribution < -0.4 is 10.5 Å². The maximum absolute atomic E-state index is 12.7. The van der Waals surface area contributed by atoms with E-state index in [2.05, 4.69) is 40.2 Å². The molecule has 4 rings (SSSR count). The van der Waals surface area contributed by atoms with Crippen LogP contribution in [-0.4, -0.2) is 12.6 Å². The first-order valence-electron chi connectivity index (χ1n) is 10.8. The Morgan fingerprint density at radius 2 is 1.94 bits per heavy atom. The topological polar surface area (TPSA) is 94.6 Å². The molecule has 0 aliphatic carbocycles. The zero-order valence-electron chi connectivity index (χ0n) is 18.8. The van der Waals surface area contributed by atoms with Crippen LogP contribution in [0.2, 0.25) is 0 Å². The van der Waals surface area contributed by atoms with Crippen molar-refractivity contribution in [1.82, 2.24) is 0 Å². The molecule has 0 aromatic heterocycles. The summed E-state index contributed by atoms with van der Waals surface area (Å²) >= 11 is 3.58. The van der Waals surface area contributed by atoms with E-state index in [-0.39, 0.29) is 23.6 Å². The highest BCUT2D eigenvalue weighted by Gasteiger charge is 2.36. The van der Waals surface area contributed by atoms with Gasteiger partial charge in [0.2, 0.25) is 5.88 Å². The fraction of sp³-hybridized carbons (Fsp3) is 0.185. The number of ether oxygens (including phenoxy) is 3. The number of carbonyl (C=O) groups is 1. The first-order valence-corrected chi connectivity index (χ1v) is 11.6. The highest BCUT2D eigenvalue weighted by molar-refractivity contribution is 9.10. The van der Waals surface area contributed by atoms with Crippen molar-refractivity contribution in [2.75, 3.05) is 6.61 Å². The molecule has 6 nitrogen and oxygen atoms in total. The first kappa shape index (κ1) is 23.4. The Bertz CT molecular complexity index is 1370. The number of benzene rings is 3. The van der Waals surface area contributed by atoms with Crippen molar-refractivity contribution in [2.45, 2.75) is 26.4 Å².